The van der Waals surface area contributed by atoms with Crippen molar-refractivity contribution in [3.8, 4) is 5.75 Å². The van der Waals surface area contributed by atoms with E-state index >= 15 is 0 Å². The predicted molar refractivity (Wildman–Crippen MR) is 140 cm³/mol. The zero-order chi connectivity index (χ0) is 27.0. The van der Waals surface area contributed by atoms with Gasteiger partial charge in [0, 0.05) is 17.7 Å². The van der Waals surface area contributed by atoms with Crippen molar-refractivity contribution in [2.24, 2.45) is 0 Å². The molecule has 0 bridgehead atoms. The monoisotopic (exact) mass is 533 g/mol. The first-order chi connectivity index (χ1) is 18.3. The summed E-state index contributed by atoms with van der Waals surface area (Å²) in [7, 11) is 0. The molecule has 0 saturated carbocycles. The minimum atomic E-state index is -1.13. The zero-order valence-electron chi connectivity index (χ0n) is 20.0. The van der Waals surface area contributed by atoms with Gasteiger partial charge in [-0.2, -0.15) is 0 Å². The number of halogens is 1. The van der Waals surface area contributed by atoms with Crippen LogP contribution in [0, 0.1) is 15.9 Å². The Bertz CT molecular complexity index is 1600. The number of carbonyl (C=O) groups is 2. The van der Waals surface area contributed by atoms with Crippen LogP contribution >= 0.6 is 11.3 Å². The van der Waals surface area contributed by atoms with Crippen molar-refractivity contribution in [3.63, 3.8) is 0 Å². The molecule has 1 atom stereocenters. The minimum Gasteiger partial charge on any atom is -0.507 e. The van der Waals surface area contributed by atoms with E-state index in [9.17, 15) is 29.2 Å². The molecular weight excluding hydrogens is 513 g/mol. The van der Waals surface area contributed by atoms with Crippen molar-refractivity contribution in [1.29, 1.82) is 0 Å². The molecule has 0 radical (unpaired) electrons. The number of fused-ring (bicyclic) bond motifs is 1. The Morgan fingerprint density at radius 1 is 1.13 bits per heavy atom. The minimum absolute atomic E-state index is 0.124. The summed E-state index contributed by atoms with van der Waals surface area (Å²) in [6.07, 6.45) is 0.818. The van der Waals surface area contributed by atoms with Crippen LogP contribution in [0.5, 0.6) is 5.75 Å². The number of Topliss-reactive ketones (excluding diaryl/α,β-unsaturated/α-hetero) is 1. The average Bonchev–Trinajstić information content (AvgIpc) is 3.44. The number of ether oxygens (including phenoxy) is 1. The molecule has 0 spiro atoms. The van der Waals surface area contributed by atoms with E-state index in [2.05, 4.69) is 4.98 Å². The van der Waals surface area contributed by atoms with E-state index in [4.69, 9.17) is 4.74 Å². The summed E-state index contributed by atoms with van der Waals surface area (Å²) < 4.78 is 19.8. The quantitative estimate of drug-likeness (QED) is 0.105. The lowest BCUT2D eigenvalue weighted by Gasteiger charge is -2.22. The number of anilines is 1. The number of amides is 1. The largest absolute Gasteiger partial charge is 0.507 e. The third kappa shape index (κ3) is 4.48. The van der Waals surface area contributed by atoms with Crippen molar-refractivity contribution >= 4 is 49.8 Å². The Morgan fingerprint density at radius 2 is 1.84 bits per heavy atom. The fourth-order valence-electron chi connectivity index (χ4n) is 4.20. The number of benzene rings is 3. The summed E-state index contributed by atoms with van der Waals surface area (Å²) in [5.74, 6) is -2.19. The van der Waals surface area contributed by atoms with E-state index in [-0.39, 0.29) is 22.0 Å². The number of aliphatic hydroxyl groups excluding tert-OH is 1. The van der Waals surface area contributed by atoms with E-state index in [1.807, 2.05) is 6.92 Å². The normalized spacial score (nSPS) is 16.8. The van der Waals surface area contributed by atoms with Crippen LogP contribution in [-0.4, -0.2) is 33.3 Å². The van der Waals surface area contributed by atoms with Crippen molar-refractivity contribution < 1.29 is 28.7 Å². The number of nitrogens with zero attached hydrogens (tertiary/aromatic N) is 3. The highest BCUT2D eigenvalue weighted by Crippen LogP contribution is 2.44. The Hall–Kier alpha value is -4.64. The van der Waals surface area contributed by atoms with Gasteiger partial charge in [-0.05, 0) is 66.6 Å². The number of rotatable bonds is 7. The van der Waals surface area contributed by atoms with Gasteiger partial charge >= 0.3 is 5.91 Å². The van der Waals surface area contributed by atoms with Crippen LogP contribution < -0.4 is 9.64 Å². The van der Waals surface area contributed by atoms with Crippen LogP contribution in [0.3, 0.4) is 0 Å². The van der Waals surface area contributed by atoms with E-state index in [0.29, 0.717) is 28.1 Å². The highest BCUT2D eigenvalue weighted by atomic mass is 32.1. The lowest BCUT2D eigenvalue weighted by atomic mass is 9.95. The van der Waals surface area contributed by atoms with Gasteiger partial charge in [0.05, 0.1) is 33.4 Å². The van der Waals surface area contributed by atoms with Crippen LogP contribution in [0.25, 0.3) is 16.0 Å². The van der Waals surface area contributed by atoms with Gasteiger partial charge in [-0.15, -0.1) is 0 Å². The third-order valence-electron chi connectivity index (χ3n) is 6.01. The van der Waals surface area contributed by atoms with Gasteiger partial charge in [-0.3, -0.25) is 24.6 Å². The molecule has 5 rings (SSSR count). The fraction of sp³-hybridized carbons (Fsp3) is 0.148. The summed E-state index contributed by atoms with van der Waals surface area (Å²) in [5.41, 5.74) is 0.689. The number of aromatic nitrogens is 1. The van der Waals surface area contributed by atoms with Gasteiger partial charge in [-0.1, -0.05) is 18.3 Å². The molecular formula is C27H20FN3O6S. The number of carbonyl (C=O) groups excluding carboxylic acids is 2. The molecule has 0 aliphatic carbocycles. The second kappa shape index (κ2) is 10.0. The molecule has 3 aromatic carbocycles. The second-order valence-corrected chi connectivity index (χ2v) is 9.51. The molecule has 38 heavy (non-hydrogen) atoms. The van der Waals surface area contributed by atoms with Gasteiger partial charge in [-0.25, -0.2) is 9.37 Å². The standard InChI is InChI=1S/C27H20FN3O6S/c1-2-13-37-19-10-5-16(6-11-19)24(32)22-23(15-3-8-18(9-4-15)31(35)36)30(26(34)25(22)33)27-29-20-12-7-17(28)14-21(20)38-27/h3-12,14,23,32H,2,13H2,1H3/b24-22+. The van der Waals surface area contributed by atoms with Gasteiger partial charge in [0.15, 0.2) is 5.13 Å². The van der Waals surface area contributed by atoms with E-state index in [1.165, 1.54) is 42.5 Å². The number of thiazole rings is 1. The third-order valence-corrected chi connectivity index (χ3v) is 7.03. The number of hydrogen-bond acceptors (Lipinski definition) is 8. The van der Waals surface area contributed by atoms with Gasteiger partial charge in [0.1, 0.15) is 17.3 Å². The highest BCUT2D eigenvalue weighted by Gasteiger charge is 2.48. The molecule has 1 N–H and O–H groups in total. The van der Waals surface area contributed by atoms with Gasteiger partial charge < -0.3 is 9.84 Å². The molecule has 1 unspecified atom stereocenters. The lowest BCUT2D eigenvalue weighted by molar-refractivity contribution is -0.384. The maximum absolute atomic E-state index is 13.8. The predicted octanol–water partition coefficient (Wildman–Crippen LogP) is 5.76. The summed E-state index contributed by atoms with van der Waals surface area (Å²) >= 11 is 1.01. The molecule has 192 valence electrons. The lowest BCUT2D eigenvalue weighted by Crippen LogP contribution is -2.29. The first kappa shape index (κ1) is 25.0. The Morgan fingerprint density at radius 3 is 2.50 bits per heavy atom. The van der Waals surface area contributed by atoms with Crippen LogP contribution in [0.15, 0.2) is 72.3 Å². The van der Waals surface area contributed by atoms with Gasteiger partial charge in [0.2, 0.25) is 0 Å². The van der Waals surface area contributed by atoms with Crippen LogP contribution in [0.1, 0.15) is 30.5 Å². The topological polar surface area (TPSA) is 123 Å². The number of aliphatic hydroxyl groups is 1. The maximum atomic E-state index is 13.8. The SMILES string of the molecule is CCCOc1ccc(/C(O)=C2\C(=O)C(=O)N(c3nc4ccc(F)cc4s3)C2c2ccc([N+](=O)[O-])cc2)cc1. The number of ketones is 1. The second-order valence-electron chi connectivity index (χ2n) is 8.50. The van der Waals surface area contributed by atoms with E-state index < -0.39 is 34.2 Å². The van der Waals surface area contributed by atoms with Crippen molar-refractivity contribution in [2.45, 2.75) is 19.4 Å². The average molecular weight is 534 g/mol. The molecule has 1 saturated heterocycles. The van der Waals surface area contributed by atoms with E-state index in [0.717, 1.165) is 22.7 Å². The molecule has 2 heterocycles. The number of nitro benzene ring substituents is 1. The zero-order valence-corrected chi connectivity index (χ0v) is 20.8. The molecule has 1 aromatic heterocycles. The summed E-state index contributed by atoms with van der Waals surface area (Å²) in [5, 5.41) is 22.6. The smallest absolute Gasteiger partial charge is 0.301 e. The van der Waals surface area contributed by atoms with E-state index in [1.54, 1.807) is 24.3 Å². The number of nitro groups is 1. The van der Waals surface area contributed by atoms with Crippen molar-refractivity contribution in [2.75, 3.05) is 11.5 Å². The molecule has 1 aliphatic heterocycles. The number of hydrogen-bond donors (Lipinski definition) is 1. The number of non-ortho nitro benzene ring substituents is 1. The fourth-order valence-corrected chi connectivity index (χ4v) is 5.21. The molecule has 4 aromatic rings. The molecule has 1 amide bonds. The molecule has 11 heteroatoms. The van der Waals surface area contributed by atoms with Crippen molar-refractivity contribution in [3.05, 3.63) is 99.4 Å². The molecule has 1 aliphatic rings. The molecule has 9 nitrogen and oxygen atoms in total. The Balaban J connectivity index is 1.65. The highest BCUT2D eigenvalue weighted by molar-refractivity contribution is 7.22. The Labute approximate surface area is 219 Å². The first-order valence-electron chi connectivity index (χ1n) is 11.6. The summed E-state index contributed by atoms with van der Waals surface area (Å²) in [6.45, 7) is 2.49. The maximum Gasteiger partial charge on any atom is 0.301 e. The first-order valence-corrected chi connectivity index (χ1v) is 12.4. The van der Waals surface area contributed by atoms with Gasteiger partial charge in [0.25, 0.3) is 11.5 Å². The Kier molecular flexibility index (Phi) is 6.60. The summed E-state index contributed by atoms with van der Waals surface area (Å²) in [4.78, 5) is 42.8. The summed E-state index contributed by atoms with van der Waals surface area (Å²) in [6, 6.07) is 14.6. The van der Waals surface area contributed by atoms with Crippen LogP contribution in [-0.2, 0) is 9.59 Å². The van der Waals surface area contributed by atoms with Crippen LogP contribution in [0.4, 0.5) is 15.2 Å². The molecule has 1 fully saturated rings. The van der Waals surface area contributed by atoms with Crippen molar-refractivity contribution in [1.82, 2.24) is 4.98 Å². The van der Waals surface area contributed by atoms with Crippen LogP contribution in [0.2, 0.25) is 0 Å².